The van der Waals surface area contributed by atoms with Crippen LogP contribution in [0.2, 0.25) is 0 Å². The van der Waals surface area contributed by atoms with E-state index in [4.69, 9.17) is 5.73 Å². The van der Waals surface area contributed by atoms with Crippen LogP contribution in [0.15, 0.2) is 6.20 Å². The molecule has 0 aliphatic carbocycles. The summed E-state index contributed by atoms with van der Waals surface area (Å²) in [5.41, 5.74) is 8.10. The molecule has 1 atom stereocenters. The maximum absolute atomic E-state index is 5.73. The molecular formula is C10H20N4. The van der Waals surface area contributed by atoms with Gasteiger partial charge < -0.3 is 10.6 Å². The highest BCUT2D eigenvalue weighted by Crippen LogP contribution is 2.07. The fourth-order valence-corrected chi connectivity index (χ4v) is 1.65. The highest BCUT2D eigenvalue weighted by atomic mass is 15.3. The predicted octanol–water partition coefficient (Wildman–Crippen LogP) is 0.508. The average Bonchev–Trinajstić information content (AvgIpc) is 2.28. The summed E-state index contributed by atoms with van der Waals surface area (Å²) in [6.07, 6.45) is 2.06. The molecule has 0 aliphatic rings. The van der Waals surface area contributed by atoms with E-state index in [-0.39, 0.29) is 6.04 Å². The fourth-order valence-electron chi connectivity index (χ4n) is 1.65. The lowest BCUT2D eigenvalue weighted by Gasteiger charge is -2.18. The monoisotopic (exact) mass is 196 g/mol. The summed E-state index contributed by atoms with van der Waals surface area (Å²) >= 11 is 0. The molecule has 1 unspecified atom stereocenters. The first kappa shape index (κ1) is 11.2. The minimum absolute atomic E-state index is 0.219. The molecule has 1 heterocycles. The van der Waals surface area contributed by atoms with Gasteiger partial charge in [0.05, 0.1) is 5.69 Å². The van der Waals surface area contributed by atoms with Gasteiger partial charge in [-0.15, -0.1) is 0 Å². The van der Waals surface area contributed by atoms with Crippen LogP contribution < -0.4 is 5.73 Å². The summed E-state index contributed by atoms with van der Waals surface area (Å²) in [5, 5.41) is 4.30. The molecular weight excluding hydrogens is 176 g/mol. The quantitative estimate of drug-likeness (QED) is 0.763. The van der Waals surface area contributed by atoms with Gasteiger partial charge in [0.2, 0.25) is 0 Å². The molecule has 1 rings (SSSR count). The number of hydrogen-bond donors (Lipinski definition) is 1. The third-order valence-corrected chi connectivity index (χ3v) is 2.16. The van der Waals surface area contributed by atoms with E-state index in [0.717, 1.165) is 18.8 Å². The van der Waals surface area contributed by atoms with Crippen molar-refractivity contribution >= 4 is 0 Å². The largest absolute Gasteiger partial charge is 0.327 e. The van der Waals surface area contributed by atoms with E-state index in [2.05, 4.69) is 23.2 Å². The summed E-state index contributed by atoms with van der Waals surface area (Å²) in [5.74, 6) is 0. The molecule has 0 aromatic carbocycles. The van der Waals surface area contributed by atoms with Gasteiger partial charge in [0.1, 0.15) is 0 Å². The molecule has 0 saturated carbocycles. The predicted molar refractivity (Wildman–Crippen MR) is 57.9 cm³/mol. The Kier molecular flexibility index (Phi) is 3.66. The van der Waals surface area contributed by atoms with Crippen molar-refractivity contribution in [2.45, 2.75) is 26.4 Å². The number of aromatic nitrogens is 2. The molecule has 0 saturated heterocycles. The molecule has 4 nitrogen and oxygen atoms in total. The third kappa shape index (κ3) is 3.12. The molecule has 0 bridgehead atoms. The summed E-state index contributed by atoms with van der Waals surface area (Å²) in [6, 6.07) is 0.219. The highest BCUT2D eigenvalue weighted by Gasteiger charge is 2.07. The molecule has 14 heavy (non-hydrogen) atoms. The zero-order chi connectivity index (χ0) is 10.7. The van der Waals surface area contributed by atoms with E-state index in [1.54, 1.807) is 0 Å². The summed E-state index contributed by atoms with van der Waals surface area (Å²) < 4.78 is 1.85. The van der Waals surface area contributed by atoms with Crippen molar-refractivity contribution in [2.75, 3.05) is 13.6 Å². The van der Waals surface area contributed by atoms with Crippen LogP contribution >= 0.6 is 0 Å². The van der Waals surface area contributed by atoms with Crippen LogP contribution in [0, 0.1) is 6.92 Å². The van der Waals surface area contributed by atoms with Gasteiger partial charge in [-0.3, -0.25) is 4.68 Å². The standard InChI is InChI=1S/C10H20N4/c1-8(11)5-13(3)6-10-7-14(4)12-9(10)2/h7-8H,5-6,11H2,1-4H3. The molecule has 2 N–H and O–H groups in total. The van der Waals surface area contributed by atoms with Crippen molar-refractivity contribution in [2.24, 2.45) is 12.8 Å². The average molecular weight is 196 g/mol. The van der Waals surface area contributed by atoms with Crippen LogP contribution in [0.4, 0.5) is 0 Å². The summed E-state index contributed by atoms with van der Waals surface area (Å²) in [4.78, 5) is 2.22. The Balaban J connectivity index is 2.55. The van der Waals surface area contributed by atoms with E-state index in [9.17, 15) is 0 Å². The first-order chi connectivity index (χ1) is 6.49. The number of nitrogens with two attached hydrogens (primary N) is 1. The lowest BCUT2D eigenvalue weighted by Crippen LogP contribution is -2.32. The van der Waals surface area contributed by atoms with Gasteiger partial charge in [0.25, 0.3) is 0 Å². The minimum atomic E-state index is 0.219. The maximum Gasteiger partial charge on any atom is 0.0638 e. The Morgan fingerprint density at radius 2 is 2.29 bits per heavy atom. The zero-order valence-corrected chi connectivity index (χ0v) is 9.49. The van der Waals surface area contributed by atoms with Crippen molar-refractivity contribution in [3.05, 3.63) is 17.5 Å². The number of nitrogens with zero attached hydrogens (tertiary/aromatic N) is 3. The van der Waals surface area contributed by atoms with E-state index < -0.39 is 0 Å². The van der Waals surface area contributed by atoms with Crippen LogP contribution in [-0.2, 0) is 13.6 Å². The smallest absolute Gasteiger partial charge is 0.0638 e. The number of likely N-dealkylation sites (N-methyl/N-ethyl adjacent to an activating group) is 1. The van der Waals surface area contributed by atoms with Gasteiger partial charge in [-0.2, -0.15) is 5.10 Å². The second-order valence-corrected chi connectivity index (χ2v) is 4.09. The third-order valence-electron chi connectivity index (χ3n) is 2.16. The van der Waals surface area contributed by atoms with Crippen LogP contribution in [0.1, 0.15) is 18.2 Å². The van der Waals surface area contributed by atoms with Gasteiger partial charge in [-0.1, -0.05) is 0 Å². The second kappa shape index (κ2) is 4.57. The SMILES string of the molecule is Cc1nn(C)cc1CN(C)CC(C)N. The van der Waals surface area contributed by atoms with Crippen LogP contribution in [-0.4, -0.2) is 34.3 Å². The molecule has 1 aromatic rings. The number of hydrogen-bond acceptors (Lipinski definition) is 3. The van der Waals surface area contributed by atoms with E-state index in [0.29, 0.717) is 0 Å². The van der Waals surface area contributed by atoms with Gasteiger partial charge in [-0.05, 0) is 20.9 Å². The van der Waals surface area contributed by atoms with Crippen LogP contribution in [0.5, 0.6) is 0 Å². The highest BCUT2D eigenvalue weighted by molar-refractivity contribution is 5.14. The Morgan fingerprint density at radius 3 is 2.71 bits per heavy atom. The van der Waals surface area contributed by atoms with E-state index in [1.807, 2.05) is 25.6 Å². The van der Waals surface area contributed by atoms with Crippen molar-refractivity contribution < 1.29 is 0 Å². The molecule has 4 heteroatoms. The lowest BCUT2D eigenvalue weighted by molar-refractivity contribution is 0.309. The molecule has 0 spiro atoms. The normalized spacial score (nSPS) is 13.6. The summed E-state index contributed by atoms with van der Waals surface area (Å²) in [6.45, 7) is 5.89. The van der Waals surface area contributed by atoms with E-state index >= 15 is 0 Å². The van der Waals surface area contributed by atoms with Gasteiger partial charge in [0.15, 0.2) is 0 Å². The molecule has 0 amide bonds. The maximum atomic E-state index is 5.73. The lowest BCUT2D eigenvalue weighted by atomic mass is 10.2. The van der Waals surface area contributed by atoms with Crippen molar-refractivity contribution in [3.63, 3.8) is 0 Å². The van der Waals surface area contributed by atoms with Crippen molar-refractivity contribution in [1.29, 1.82) is 0 Å². The Morgan fingerprint density at radius 1 is 1.64 bits per heavy atom. The van der Waals surface area contributed by atoms with Crippen molar-refractivity contribution in [3.8, 4) is 0 Å². The Hall–Kier alpha value is -0.870. The van der Waals surface area contributed by atoms with E-state index in [1.165, 1.54) is 5.56 Å². The molecule has 80 valence electrons. The molecule has 0 aliphatic heterocycles. The summed E-state index contributed by atoms with van der Waals surface area (Å²) in [7, 11) is 4.03. The van der Waals surface area contributed by atoms with Gasteiger partial charge >= 0.3 is 0 Å². The zero-order valence-electron chi connectivity index (χ0n) is 9.49. The second-order valence-electron chi connectivity index (χ2n) is 4.09. The van der Waals surface area contributed by atoms with Crippen molar-refractivity contribution in [1.82, 2.24) is 14.7 Å². The topological polar surface area (TPSA) is 47.1 Å². The fraction of sp³-hybridized carbons (Fsp3) is 0.700. The molecule has 0 radical (unpaired) electrons. The Bertz CT molecular complexity index is 290. The minimum Gasteiger partial charge on any atom is -0.327 e. The van der Waals surface area contributed by atoms with Crippen LogP contribution in [0.25, 0.3) is 0 Å². The first-order valence-corrected chi connectivity index (χ1v) is 4.92. The number of rotatable bonds is 4. The Labute approximate surface area is 85.7 Å². The van der Waals surface area contributed by atoms with Gasteiger partial charge in [-0.25, -0.2) is 0 Å². The van der Waals surface area contributed by atoms with Gasteiger partial charge in [0, 0.05) is 37.9 Å². The molecule has 0 fully saturated rings. The van der Waals surface area contributed by atoms with Crippen LogP contribution in [0.3, 0.4) is 0 Å². The first-order valence-electron chi connectivity index (χ1n) is 4.92. The molecule has 1 aromatic heterocycles. The number of aryl methyl sites for hydroxylation is 2.